The molecule has 0 bridgehead atoms. The van der Waals surface area contributed by atoms with E-state index < -0.39 is 4.92 Å². The molecule has 5 heteroatoms. The van der Waals surface area contributed by atoms with Gasteiger partial charge in [0.15, 0.2) is 0 Å². The SMILES string of the molecule is O=[N+]([O-])c1ccc2c(c1)SCCO2. The highest BCUT2D eigenvalue weighted by Gasteiger charge is 2.15. The van der Waals surface area contributed by atoms with Crippen LogP contribution in [0.5, 0.6) is 5.75 Å². The van der Waals surface area contributed by atoms with Crippen molar-refractivity contribution in [3.05, 3.63) is 28.3 Å². The Bertz CT molecular complexity index is 353. The van der Waals surface area contributed by atoms with Crippen LogP contribution in [-0.2, 0) is 0 Å². The molecule has 13 heavy (non-hydrogen) atoms. The summed E-state index contributed by atoms with van der Waals surface area (Å²) in [6.45, 7) is 0.676. The first-order valence-corrected chi connectivity index (χ1v) is 4.80. The quantitative estimate of drug-likeness (QED) is 0.511. The molecule has 0 unspecified atom stereocenters. The summed E-state index contributed by atoms with van der Waals surface area (Å²) in [4.78, 5) is 10.9. The lowest BCUT2D eigenvalue weighted by atomic mass is 10.3. The number of nitrogens with zero attached hydrogens (tertiary/aromatic N) is 1. The molecule has 1 aromatic rings. The summed E-state index contributed by atoms with van der Waals surface area (Å²) < 4.78 is 5.31. The van der Waals surface area contributed by atoms with E-state index in [4.69, 9.17) is 4.74 Å². The molecule has 0 aromatic heterocycles. The Kier molecular flexibility index (Phi) is 2.10. The van der Waals surface area contributed by atoms with Crippen LogP contribution in [0, 0.1) is 10.1 Å². The summed E-state index contributed by atoms with van der Waals surface area (Å²) in [6.07, 6.45) is 0. The maximum Gasteiger partial charge on any atom is 0.270 e. The Labute approximate surface area is 79.0 Å². The number of hydrogen-bond donors (Lipinski definition) is 0. The molecule has 1 heterocycles. The van der Waals surface area contributed by atoms with Gasteiger partial charge in [-0.1, -0.05) is 0 Å². The van der Waals surface area contributed by atoms with Crippen LogP contribution >= 0.6 is 11.8 Å². The number of thioether (sulfide) groups is 1. The Morgan fingerprint density at radius 1 is 1.54 bits per heavy atom. The molecule has 0 saturated carbocycles. The van der Waals surface area contributed by atoms with Gasteiger partial charge in [0.2, 0.25) is 0 Å². The van der Waals surface area contributed by atoms with Crippen molar-refractivity contribution in [2.24, 2.45) is 0 Å². The zero-order chi connectivity index (χ0) is 9.26. The van der Waals surface area contributed by atoms with Gasteiger partial charge in [0.1, 0.15) is 5.75 Å². The summed E-state index contributed by atoms with van der Waals surface area (Å²) in [5.74, 6) is 1.61. The first kappa shape index (κ1) is 8.37. The molecule has 1 aliphatic rings. The predicted octanol–water partition coefficient (Wildman–Crippen LogP) is 2.08. The van der Waals surface area contributed by atoms with E-state index in [9.17, 15) is 10.1 Å². The van der Waals surface area contributed by atoms with E-state index in [-0.39, 0.29) is 5.69 Å². The maximum absolute atomic E-state index is 10.4. The van der Waals surface area contributed by atoms with Crippen LogP contribution < -0.4 is 4.74 Å². The zero-order valence-corrected chi connectivity index (χ0v) is 7.54. The topological polar surface area (TPSA) is 52.4 Å². The average molecular weight is 197 g/mol. The molecule has 0 radical (unpaired) electrons. The van der Waals surface area contributed by atoms with E-state index in [0.717, 1.165) is 16.4 Å². The summed E-state index contributed by atoms with van der Waals surface area (Å²) >= 11 is 1.59. The maximum atomic E-state index is 10.4. The second-order valence-electron chi connectivity index (χ2n) is 2.59. The van der Waals surface area contributed by atoms with Gasteiger partial charge in [0, 0.05) is 17.9 Å². The van der Waals surface area contributed by atoms with Crippen LogP contribution in [0.4, 0.5) is 5.69 Å². The highest BCUT2D eigenvalue weighted by atomic mass is 32.2. The highest BCUT2D eigenvalue weighted by molar-refractivity contribution is 7.99. The lowest BCUT2D eigenvalue weighted by molar-refractivity contribution is -0.385. The van der Waals surface area contributed by atoms with Crippen molar-refractivity contribution in [2.45, 2.75) is 4.90 Å². The lowest BCUT2D eigenvalue weighted by Gasteiger charge is -2.15. The van der Waals surface area contributed by atoms with Crippen LogP contribution in [0.1, 0.15) is 0 Å². The van der Waals surface area contributed by atoms with Crippen molar-refractivity contribution >= 4 is 17.4 Å². The third-order valence-electron chi connectivity index (χ3n) is 1.74. The zero-order valence-electron chi connectivity index (χ0n) is 6.73. The molecule has 0 amide bonds. The number of rotatable bonds is 1. The first-order valence-electron chi connectivity index (χ1n) is 3.81. The third-order valence-corrected chi connectivity index (χ3v) is 2.74. The molecule has 2 rings (SSSR count). The fourth-order valence-corrected chi connectivity index (χ4v) is 2.01. The Morgan fingerprint density at radius 3 is 3.15 bits per heavy atom. The fourth-order valence-electron chi connectivity index (χ4n) is 1.15. The summed E-state index contributed by atoms with van der Waals surface area (Å²) in [6, 6.07) is 4.67. The van der Waals surface area contributed by atoms with Gasteiger partial charge >= 0.3 is 0 Å². The number of non-ortho nitro benzene ring substituents is 1. The van der Waals surface area contributed by atoms with Crippen LogP contribution in [0.25, 0.3) is 0 Å². The van der Waals surface area contributed by atoms with Crippen molar-refractivity contribution in [3.8, 4) is 5.75 Å². The highest BCUT2D eigenvalue weighted by Crippen LogP contribution is 2.35. The average Bonchev–Trinajstić information content (AvgIpc) is 2.17. The monoisotopic (exact) mass is 197 g/mol. The van der Waals surface area contributed by atoms with E-state index in [1.54, 1.807) is 23.9 Å². The van der Waals surface area contributed by atoms with E-state index in [2.05, 4.69) is 0 Å². The van der Waals surface area contributed by atoms with Crippen LogP contribution in [0.15, 0.2) is 23.1 Å². The lowest BCUT2D eigenvalue weighted by Crippen LogP contribution is -2.06. The number of benzene rings is 1. The Balaban J connectivity index is 2.40. The second kappa shape index (κ2) is 3.26. The van der Waals surface area contributed by atoms with Gasteiger partial charge < -0.3 is 4.74 Å². The molecule has 0 atom stereocenters. The van der Waals surface area contributed by atoms with Gasteiger partial charge in [-0.15, -0.1) is 11.8 Å². The molecule has 0 fully saturated rings. The van der Waals surface area contributed by atoms with Crippen molar-refractivity contribution in [3.63, 3.8) is 0 Å². The van der Waals surface area contributed by atoms with Crippen LogP contribution in [0.3, 0.4) is 0 Å². The molecule has 0 N–H and O–H groups in total. The van der Waals surface area contributed by atoms with Gasteiger partial charge in [0.25, 0.3) is 5.69 Å². The van der Waals surface area contributed by atoms with E-state index >= 15 is 0 Å². The number of hydrogen-bond acceptors (Lipinski definition) is 4. The Morgan fingerprint density at radius 2 is 2.38 bits per heavy atom. The standard InChI is InChI=1S/C8H7NO3S/c10-9(11)6-1-2-7-8(5-6)13-4-3-12-7/h1-2,5H,3-4H2. The number of ether oxygens (including phenoxy) is 1. The summed E-state index contributed by atoms with van der Waals surface area (Å²) in [5, 5.41) is 10.4. The normalized spacial score (nSPS) is 14.5. The van der Waals surface area contributed by atoms with E-state index in [1.807, 2.05) is 0 Å². The van der Waals surface area contributed by atoms with Crippen molar-refractivity contribution in [1.82, 2.24) is 0 Å². The van der Waals surface area contributed by atoms with Crippen molar-refractivity contribution < 1.29 is 9.66 Å². The summed E-state index contributed by atoms with van der Waals surface area (Å²) in [5.41, 5.74) is 0.122. The summed E-state index contributed by atoms with van der Waals surface area (Å²) in [7, 11) is 0. The fraction of sp³-hybridized carbons (Fsp3) is 0.250. The minimum Gasteiger partial charge on any atom is -0.492 e. The molecule has 4 nitrogen and oxygen atoms in total. The van der Waals surface area contributed by atoms with Gasteiger partial charge in [-0.05, 0) is 6.07 Å². The van der Waals surface area contributed by atoms with Gasteiger partial charge in [-0.3, -0.25) is 10.1 Å². The molecule has 0 saturated heterocycles. The van der Waals surface area contributed by atoms with Crippen molar-refractivity contribution in [1.29, 1.82) is 0 Å². The molecular formula is C8H7NO3S. The molecular weight excluding hydrogens is 190 g/mol. The smallest absolute Gasteiger partial charge is 0.270 e. The molecule has 0 aliphatic carbocycles. The largest absolute Gasteiger partial charge is 0.492 e. The van der Waals surface area contributed by atoms with Gasteiger partial charge in [0.05, 0.1) is 16.4 Å². The van der Waals surface area contributed by atoms with E-state index in [0.29, 0.717) is 6.61 Å². The van der Waals surface area contributed by atoms with Gasteiger partial charge in [-0.2, -0.15) is 0 Å². The van der Waals surface area contributed by atoms with Crippen LogP contribution in [0.2, 0.25) is 0 Å². The minimum absolute atomic E-state index is 0.122. The Hall–Kier alpha value is -1.23. The molecule has 68 valence electrons. The molecule has 1 aliphatic heterocycles. The van der Waals surface area contributed by atoms with Gasteiger partial charge in [-0.25, -0.2) is 0 Å². The molecule has 1 aromatic carbocycles. The van der Waals surface area contributed by atoms with Crippen LogP contribution in [-0.4, -0.2) is 17.3 Å². The number of nitro groups is 1. The third kappa shape index (κ3) is 1.60. The van der Waals surface area contributed by atoms with Crippen molar-refractivity contribution in [2.75, 3.05) is 12.4 Å². The predicted molar refractivity (Wildman–Crippen MR) is 49.3 cm³/mol. The number of fused-ring (bicyclic) bond motifs is 1. The van der Waals surface area contributed by atoms with E-state index in [1.165, 1.54) is 6.07 Å². The minimum atomic E-state index is -0.393. The first-order chi connectivity index (χ1) is 6.27. The number of nitro benzene ring substituents is 1. The molecule has 0 spiro atoms. The second-order valence-corrected chi connectivity index (χ2v) is 3.72.